The Bertz CT molecular complexity index is 428. The van der Waals surface area contributed by atoms with Gasteiger partial charge in [-0.2, -0.15) is 0 Å². The Kier molecular flexibility index (Phi) is 5.41. The van der Waals surface area contributed by atoms with Crippen LogP contribution in [-0.4, -0.2) is 32.7 Å². The Hall–Kier alpha value is -1.55. The van der Waals surface area contributed by atoms with Gasteiger partial charge < -0.3 is 14.2 Å². The minimum absolute atomic E-state index is 0.0669. The molecule has 1 fully saturated rings. The van der Waals surface area contributed by atoms with Gasteiger partial charge in [-0.3, -0.25) is 4.79 Å². The number of Topliss-reactive ketones (excluding diaryl/α,β-unsaturated/α-hetero) is 1. The molecular weight excluding hydrogens is 256 g/mol. The monoisotopic (exact) mass is 278 g/mol. The van der Waals surface area contributed by atoms with E-state index in [-0.39, 0.29) is 5.78 Å². The van der Waals surface area contributed by atoms with E-state index in [0.717, 1.165) is 32.3 Å². The molecule has 1 saturated heterocycles. The molecule has 4 nitrogen and oxygen atoms in total. The van der Waals surface area contributed by atoms with Gasteiger partial charge in [-0.25, -0.2) is 0 Å². The predicted molar refractivity (Wildman–Crippen MR) is 76.7 cm³/mol. The highest BCUT2D eigenvalue weighted by Gasteiger charge is 2.19. The first kappa shape index (κ1) is 14.9. The van der Waals surface area contributed by atoms with Crippen LogP contribution in [0.25, 0.3) is 0 Å². The van der Waals surface area contributed by atoms with Gasteiger partial charge in [0, 0.05) is 13.0 Å². The first-order valence-corrected chi connectivity index (χ1v) is 7.12. The highest BCUT2D eigenvalue weighted by atomic mass is 16.5. The number of methoxy groups -OCH3 is 2. The fourth-order valence-electron chi connectivity index (χ4n) is 2.61. The van der Waals surface area contributed by atoms with E-state index in [0.29, 0.717) is 29.6 Å². The highest BCUT2D eigenvalue weighted by Crippen LogP contribution is 2.30. The van der Waals surface area contributed by atoms with Gasteiger partial charge in [-0.15, -0.1) is 0 Å². The van der Waals surface area contributed by atoms with Crippen molar-refractivity contribution in [3.63, 3.8) is 0 Å². The smallest absolute Gasteiger partial charge is 0.170 e. The van der Waals surface area contributed by atoms with E-state index in [9.17, 15) is 4.79 Å². The predicted octanol–water partition coefficient (Wildman–Crippen LogP) is 3.24. The molecule has 1 unspecified atom stereocenters. The van der Waals surface area contributed by atoms with Gasteiger partial charge in [-0.1, -0.05) is 6.07 Å². The second-order valence-corrected chi connectivity index (χ2v) is 4.99. The van der Waals surface area contributed by atoms with E-state index < -0.39 is 0 Å². The largest absolute Gasteiger partial charge is 0.496 e. The molecule has 20 heavy (non-hydrogen) atoms. The topological polar surface area (TPSA) is 44.8 Å². The molecule has 1 aromatic rings. The van der Waals surface area contributed by atoms with E-state index in [1.54, 1.807) is 26.4 Å². The van der Waals surface area contributed by atoms with Crippen LogP contribution in [0, 0.1) is 0 Å². The molecule has 1 heterocycles. The molecular formula is C16H22O4. The highest BCUT2D eigenvalue weighted by molar-refractivity contribution is 6.01. The molecule has 0 spiro atoms. The van der Waals surface area contributed by atoms with Crippen molar-refractivity contribution in [1.82, 2.24) is 0 Å². The van der Waals surface area contributed by atoms with Crippen LogP contribution in [0.2, 0.25) is 0 Å². The lowest BCUT2D eigenvalue weighted by atomic mass is 10.0. The van der Waals surface area contributed by atoms with Gasteiger partial charge >= 0.3 is 0 Å². The van der Waals surface area contributed by atoms with Crippen molar-refractivity contribution >= 4 is 5.78 Å². The Morgan fingerprint density at radius 1 is 1.30 bits per heavy atom. The summed E-state index contributed by atoms with van der Waals surface area (Å²) in [5, 5.41) is 0. The summed E-state index contributed by atoms with van der Waals surface area (Å²) in [5.74, 6) is 1.22. The molecule has 1 aromatic carbocycles. The zero-order valence-corrected chi connectivity index (χ0v) is 12.2. The van der Waals surface area contributed by atoms with Crippen LogP contribution in [0.3, 0.4) is 0 Å². The van der Waals surface area contributed by atoms with Crippen LogP contribution >= 0.6 is 0 Å². The third-order valence-corrected chi connectivity index (χ3v) is 3.66. The van der Waals surface area contributed by atoms with E-state index in [1.165, 1.54) is 0 Å². The average molecular weight is 278 g/mol. The third-order valence-electron chi connectivity index (χ3n) is 3.66. The van der Waals surface area contributed by atoms with Crippen molar-refractivity contribution in [2.45, 2.75) is 38.2 Å². The molecule has 0 amide bonds. The molecule has 0 saturated carbocycles. The molecule has 1 atom stereocenters. The van der Waals surface area contributed by atoms with E-state index >= 15 is 0 Å². The molecule has 0 aromatic heterocycles. The van der Waals surface area contributed by atoms with Gasteiger partial charge in [0.05, 0.1) is 20.3 Å². The molecule has 1 aliphatic rings. The Labute approximate surface area is 120 Å². The average Bonchev–Trinajstić information content (AvgIpc) is 2.99. The van der Waals surface area contributed by atoms with Crippen molar-refractivity contribution in [2.24, 2.45) is 0 Å². The molecule has 0 radical (unpaired) electrons. The second-order valence-electron chi connectivity index (χ2n) is 4.99. The maximum absolute atomic E-state index is 12.4. The number of rotatable bonds is 7. The van der Waals surface area contributed by atoms with E-state index in [4.69, 9.17) is 14.2 Å². The number of ether oxygens (including phenoxy) is 3. The molecule has 2 rings (SSSR count). The number of carbonyl (C=O) groups is 1. The van der Waals surface area contributed by atoms with Crippen molar-refractivity contribution in [2.75, 3.05) is 20.8 Å². The Morgan fingerprint density at radius 2 is 2.00 bits per heavy atom. The van der Waals surface area contributed by atoms with Crippen LogP contribution < -0.4 is 9.47 Å². The quantitative estimate of drug-likeness (QED) is 0.718. The molecule has 4 heteroatoms. The maximum atomic E-state index is 12.4. The van der Waals surface area contributed by atoms with Gasteiger partial charge in [-0.05, 0) is 37.8 Å². The number of carbonyl (C=O) groups excluding carboxylic acids is 1. The SMILES string of the molecule is COc1cccc(OC)c1C(=O)CCCC1CCCO1. The fraction of sp³-hybridized carbons (Fsp3) is 0.562. The van der Waals surface area contributed by atoms with E-state index in [2.05, 4.69) is 0 Å². The van der Waals surface area contributed by atoms with Crippen LogP contribution in [0.4, 0.5) is 0 Å². The molecule has 0 N–H and O–H groups in total. The number of ketones is 1. The summed E-state index contributed by atoms with van der Waals surface area (Å²) in [6, 6.07) is 5.40. The Morgan fingerprint density at radius 3 is 2.55 bits per heavy atom. The summed E-state index contributed by atoms with van der Waals surface area (Å²) in [7, 11) is 3.13. The summed E-state index contributed by atoms with van der Waals surface area (Å²) in [6.45, 7) is 0.860. The van der Waals surface area contributed by atoms with Gasteiger partial charge in [0.1, 0.15) is 17.1 Å². The van der Waals surface area contributed by atoms with E-state index in [1.807, 2.05) is 6.07 Å². The maximum Gasteiger partial charge on any atom is 0.170 e. The number of hydrogen-bond acceptors (Lipinski definition) is 4. The second kappa shape index (κ2) is 7.29. The lowest BCUT2D eigenvalue weighted by molar-refractivity contribution is 0.0918. The van der Waals surface area contributed by atoms with Crippen LogP contribution in [0.5, 0.6) is 11.5 Å². The lowest BCUT2D eigenvalue weighted by Gasteiger charge is -2.12. The van der Waals surface area contributed by atoms with Gasteiger partial charge in [0.25, 0.3) is 0 Å². The Balaban J connectivity index is 1.97. The first-order valence-electron chi connectivity index (χ1n) is 7.12. The fourth-order valence-corrected chi connectivity index (χ4v) is 2.61. The summed E-state index contributed by atoms with van der Waals surface area (Å²) in [4.78, 5) is 12.4. The zero-order chi connectivity index (χ0) is 14.4. The van der Waals surface area contributed by atoms with Crippen molar-refractivity contribution in [1.29, 1.82) is 0 Å². The van der Waals surface area contributed by atoms with Crippen molar-refractivity contribution in [3.8, 4) is 11.5 Å². The minimum Gasteiger partial charge on any atom is -0.496 e. The minimum atomic E-state index is 0.0669. The normalized spacial score (nSPS) is 18.0. The first-order chi connectivity index (χ1) is 9.76. The van der Waals surface area contributed by atoms with Gasteiger partial charge in [0.15, 0.2) is 5.78 Å². The van der Waals surface area contributed by atoms with Crippen LogP contribution in [-0.2, 0) is 4.74 Å². The zero-order valence-electron chi connectivity index (χ0n) is 12.2. The van der Waals surface area contributed by atoms with Crippen molar-refractivity contribution < 1.29 is 19.0 Å². The molecule has 1 aliphatic heterocycles. The lowest BCUT2D eigenvalue weighted by Crippen LogP contribution is -2.08. The summed E-state index contributed by atoms with van der Waals surface area (Å²) < 4.78 is 16.1. The summed E-state index contributed by atoms with van der Waals surface area (Å²) >= 11 is 0. The number of hydrogen-bond donors (Lipinski definition) is 0. The van der Waals surface area contributed by atoms with Gasteiger partial charge in [0.2, 0.25) is 0 Å². The van der Waals surface area contributed by atoms with Crippen LogP contribution in [0.1, 0.15) is 42.5 Å². The molecule has 0 aliphatic carbocycles. The molecule has 0 bridgehead atoms. The summed E-state index contributed by atoms with van der Waals surface area (Å²) in [5.41, 5.74) is 0.546. The third kappa shape index (κ3) is 3.51. The number of benzene rings is 1. The summed E-state index contributed by atoms with van der Waals surface area (Å²) in [6.07, 6.45) is 4.87. The van der Waals surface area contributed by atoms with Crippen LogP contribution in [0.15, 0.2) is 18.2 Å². The van der Waals surface area contributed by atoms with Crippen molar-refractivity contribution in [3.05, 3.63) is 23.8 Å². The standard InChI is InChI=1S/C16H22O4/c1-18-14-9-4-10-15(19-2)16(14)13(17)8-3-6-12-7-5-11-20-12/h4,9-10,12H,3,5-8,11H2,1-2H3. The molecule has 110 valence electrons.